The minimum atomic E-state index is 0.202. The highest BCUT2D eigenvalue weighted by atomic mass is 16.5. The molecule has 2 aromatic carbocycles. The molecule has 0 saturated carbocycles. The standard InChI is InChI=1S/C17H21NO/c1-11(2)19-16-10-15-13(8-9-18(15)4)17-12(3)6-5-7-14(16)17/h5-7,10-11H,8-9H2,1-4H3. The normalized spacial score (nSPS) is 14.3. The van der Waals surface area contributed by atoms with Crippen LogP contribution >= 0.6 is 0 Å². The molecule has 1 aliphatic rings. The largest absolute Gasteiger partial charge is 0.490 e. The number of rotatable bonds is 2. The van der Waals surface area contributed by atoms with Crippen molar-refractivity contribution in [3.05, 3.63) is 35.4 Å². The fourth-order valence-corrected chi connectivity index (χ4v) is 3.04. The molecule has 2 aromatic rings. The van der Waals surface area contributed by atoms with Gasteiger partial charge in [0.25, 0.3) is 0 Å². The third-order valence-electron chi connectivity index (χ3n) is 3.89. The first-order valence-corrected chi connectivity index (χ1v) is 7.01. The molecule has 1 aliphatic heterocycles. The number of hydrogen-bond donors (Lipinski definition) is 0. The number of benzene rings is 2. The Labute approximate surface area is 115 Å². The second-order valence-electron chi connectivity index (χ2n) is 5.71. The van der Waals surface area contributed by atoms with Crippen LogP contribution in [0.15, 0.2) is 24.3 Å². The predicted molar refractivity (Wildman–Crippen MR) is 81.4 cm³/mol. The molecule has 0 N–H and O–H groups in total. The van der Waals surface area contributed by atoms with Crippen LogP contribution in [0.2, 0.25) is 0 Å². The summed E-state index contributed by atoms with van der Waals surface area (Å²) in [5, 5.41) is 2.64. The Morgan fingerprint density at radius 2 is 2.05 bits per heavy atom. The summed E-state index contributed by atoms with van der Waals surface area (Å²) in [6.45, 7) is 7.46. The maximum atomic E-state index is 6.03. The van der Waals surface area contributed by atoms with Gasteiger partial charge in [0.05, 0.1) is 6.10 Å². The lowest BCUT2D eigenvalue weighted by molar-refractivity contribution is 0.245. The topological polar surface area (TPSA) is 12.5 Å². The maximum absolute atomic E-state index is 6.03. The summed E-state index contributed by atoms with van der Waals surface area (Å²) < 4.78 is 6.03. The summed E-state index contributed by atoms with van der Waals surface area (Å²) in [6.07, 6.45) is 1.34. The van der Waals surface area contributed by atoms with Gasteiger partial charge in [-0.1, -0.05) is 18.2 Å². The zero-order valence-corrected chi connectivity index (χ0v) is 12.2. The van der Waals surface area contributed by atoms with Gasteiger partial charge in [-0.05, 0) is 43.7 Å². The highest BCUT2D eigenvalue weighted by Crippen LogP contribution is 2.41. The molecule has 0 aliphatic carbocycles. The lowest BCUT2D eigenvalue weighted by Crippen LogP contribution is -2.13. The molecule has 0 amide bonds. The van der Waals surface area contributed by atoms with Gasteiger partial charge in [0.1, 0.15) is 5.75 Å². The number of likely N-dealkylation sites (N-methyl/N-ethyl adjacent to an activating group) is 1. The number of anilines is 1. The third kappa shape index (κ3) is 1.95. The summed E-state index contributed by atoms with van der Waals surface area (Å²) in [5.41, 5.74) is 4.16. The zero-order chi connectivity index (χ0) is 13.6. The molecule has 100 valence electrons. The Bertz CT molecular complexity index is 631. The van der Waals surface area contributed by atoms with Crippen molar-refractivity contribution in [1.82, 2.24) is 0 Å². The Morgan fingerprint density at radius 3 is 2.79 bits per heavy atom. The molecule has 2 heteroatoms. The van der Waals surface area contributed by atoms with Crippen LogP contribution in [0.5, 0.6) is 5.75 Å². The minimum absolute atomic E-state index is 0.202. The molecule has 0 radical (unpaired) electrons. The third-order valence-corrected chi connectivity index (χ3v) is 3.89. The van der Waals surface area contributed by atoms with Crippen LogP contribution in [-0.4, -0.2) is 19.7 Å². The van der Waals surface area contributed by atoms with Crippen molar-refractivity contribution < 1.29 is 4.74 Å². The Hall–Kier alpha value is -1.70. The van der Waals surface area contributed by atoms with Gasteiger partial charge in [-0.25, -0.2) is 0 Å². The summed E-state index contributed by atoms with van der Waals surface area (Å²) in [5.74, 6) is 1.02. The van der Waals surface area contributed by atoms with Crippen molar-refractivity contribution in [3.8, 4) is 5.75 Å². The van der Waals surface area contributed by atoms with Gasteiger partial charge in [-0.3, -0.25) is 0 Å². The van der Waals surface area contributed by atoms with Crippen LogP contribution in [0.4, 0.5) is 5.69 Å². The van der Waals surface area contributed by atoms with Gasteiger partial charge in [-0.2, -0.15) is 0 Å². The zero-order valence-electron chi connectivity index (χ0n) is 12.2. The summed E-state index contributed by atoms with van der Waals surface area (Å²) in [7, 11) is 2.16. The number of nitrogens with zero attached hydrogens (tertiary/aromatic N) is 1. The number of fused-ring (bicyclic) bond motifs is 3. The predicted octanol–water partition coefficient (Wildman–Crippen LogP) is 3.93. The van der Waals surface area contributed by atoms with Gasteiger partial charge in [0.2, 0.25) is 0 Å². The second kappa shape index (κ2) is 4.44. The molecule has 1 heterocycles. The van der Waals surface area contributed by atoms with Gasteiger partial charge < -0.3 is 9.64 Å². The molecule has 0 aromatic heterocycles. The molecule has 0 atom stereocenters. The fraction of sp³-hybridized carbons (Fsp3) is 0.412. The lowest BCUT2D eigenvalue weighted by Gasteiger charge is -2.19. The van der Waals surface area contributed by atoms with Crippen LogP contribution in [0.25, 0.3) is 10.8 Å². The van der Waals surface area contributed by atoms with Crippen molar-refractivity contribution in [2.24, 2.45) is 0 Å². The van der Waals surface area contributed by atoms with Crippen molar-refractivity contribution in [3.63, 3.8) is 0 Å². The number of aryl methyl sites for hydroxylation is 1. The highest BCUT2D eigenvalue weighted by Gasteiger charge is 2.22. The van der Waals surface area contributed by atoms with E-state index in [0.29, 0.717) is 0 Å². The molecule has 0 saturated heterocycles. The average molecular weight is 255 g/mol. The summed E-state index contributed by atoms with van der Waals surface area (Å²) in [4.78, 5) is 2.33. The molecule has 3 rings (SSSR count). The molecule has 0 unspecified atom stereocenters. The average Bonchev–Trinajstić information content (AvgIpc) is 2.71. The van der Waals surface area contributed by atoms with E-state index in [0.717, 1.165) is 18.7 Å². The van der Waals surface area contributed by atoms with Gasteiger partial charge in [0.15, 0.2) is 0 Å². The van der Waals surface area contributed by atoms with Crippen LogP contribution in [0.3, 0.4) is 0 Å². The maximum Gasteiger partial charge on any atom is 0.129 e. The van der Waals surface area contributed by atoms with Gasteiger partial charge in [0, 0.05) is 30.7 Å². The Morgan fingerprint density at radius 1 is 1.26 bits per heavy atom. The van der Waals surface area contributed by atoms with Crippen molar-refractivity contribution >= 4 is 16.5 Å². The van der Waals surface area contributed by atoms with Crippen LogP contribution in [0, 0.1) is 6.92 Å². The molecular formula is C17H21NO. The molecule has 0 fully saturated rings. The van der Waals surface area contributed by atoms with E-state index in [4.69, 9.17) is 4.74 Å². The fourth-order valence-electron chi connectivity index (χ4n) is 3.04. The summed E-state index contributed by atoms with van der Waals surface area (Å²) in [6, 6.07) is 8.71. The quantitative estimate of drug-likeness (QED) is 0.806. The molecule has 2 nitrogen and oxygen atoms in total. The van der Waals surface area contributed by atoms with Crippen LogP contribution in [-0.2, 0) is 6.42 Å². The smallest absolute Gasteiger partial charge is 0.129 e. The van der Waals surface area contributed by atoms with E-state index in [-0.39, 0.29) is 6.10 Å². The van der Waals surface area contributed by atoms with Gasteiger partial charge in [-0.15, -0.1) is 0 Å². The Balaban J connectivity index is 2.32. The monoisotopic (exact) mass is 255 g/mol. The van der Waals surface area contributed by atoms with E-state index >= 15 is 0 Å². The van der Waals surface area contributed by atoms with E-state index in [1.165, 1.54) is 27.6 Å². The molecule has 19 heavy (non-hydrogen) atoms. The van der Waals surface area contributed by atoms with Crippen molar-refractivity contribution in [2.45, 2.75) is 33.3 Å². The summed E-state index contributed by atoms with van der Waals surface area (Å²) >= 11 is 0. The molecule has 0 bridgehead atoms. The number of hydrogen-bond acceptors (Lipinski definition) is 2. The first-order chi connectivity index (χ1) is 9.08. The second-order valence-corrected chi connectivity index (χ2v) is 5.71. The van der Waals surface area contributed by atoms with Crippen molar-refractivity contribution in [2.75, 3.05) is 18.5 Å². The van der Waals surface area contributed by atoms with E-state index in [9.17, 15) is 0 Å². The van der Waals surface area contributed by atoms with E-state index < -0.39 is 0 Å². The SMILES string of the molecule is Cc1cccc2c(OC(C)C)cc3c(c12)CCN3C. The van der Waals surface area contributed by atoms with E-state index in [2.05, 4.69) is 57.0 Å². The first kappa shape index (κ1) is 12.3. The van der Waals surface area contributed by atoms with E-state index in [1.54, 1.807) is 0 Å². The first-order valence-electron chi connectivity index (χ1n) is 7.01. The molecule has 0 spiro atoms. The highest BCUT2D eigenvalue weighted by molar-refractivity contribution is 5.98. The minimum Gasteiger partial charge on any atom is -0.490 e. The lowest BCUT2D eigenvalue weighted by atomic mass is 9.97. The molecular weight excluding hydrogens is 234 g/mol. The van der Waals surface area contributed by atoms with Crippen LogP contribution < -0.4 is 9.64 Å². The van der Waals surface area contributed by atoms with Crippen LogP contribution in [0.1, 0.15) is 25.0 Å². The van der Waals surface area contributed by atoms with Gasteiger partial charge >= 0.3 is 0 Å². The van der Waals surface area contributed by atoms with E-state index in [1.807, 2.05) is 0 Å². The Kier molecular flexibility index (Phi) is 2.89. The van der Waals surface area contributed by atoms with Crippen molar-refractivity contribution in [1.29, 1.82) is 0 Å². The number of ether oxygens (including phenoxy) is 1.